The Morgan fingerprint density at radius 2 is 1.93 bits per heavy atom. The third-order valence-electron chi connectivity index (χ3n) is 2.77. The van der Waals surface area contributed by atoms with E-state index in [1.807, 2.05) is 13.8 Å². The van der Waals surface area contributed by atoms with Crippen LogP contribution in [0.4, 0.5) is 0 Å². The molecular formula is C13H27NO. The highest BCUT2D eigenvalue weighted by molar-refractivity contribution is 4.99. The highest BCUT2D eigenvalue weighted by Crippen LogP contribution is 2.10. The molecule has 0 saturated carbocycles. The number of ether oxygens (including phenoxy) is 1. The Bertz CT molecular complexity index is 173. The van der Waals surface area contributed by atoms with Gasteiger partial charge in [-0.05, 0) is 19.9 Å². The lowest BCUT2D eigenvalue weighted by Crippen LogP contribution is -2.48. The van der Waals surface area contributed by atoms with Gasteiger partial charge in [0.15, 0.2) is 0 Å². The molecule has 0 spiro atoms. The minimum absolute atomic E-state index is 0.672. The van der Waals surface area contributed by atoms with Crippen LogP contribution in [-0.4, -0.2) is 37.2 Å². The maximum Gasteiger partial charge on any atom is 0.0645 e. The number of allylic oxidation sites excluding steroid dienone is 1. The number of likely N-dealkylation sites (N-methyl/N-ethyl adjacent to an activating group) is 1. The molecule has 2 nitrogen and oxygen atoms in total. The van der Waals surface area contributed by atoms with Crippen molar-refractivity contribution in [2.24, 2.45) is 0 Å². The van der Waals surface area contributed by atoms with Gasteiger partial charge < -0.3 is 4.74 Å². The van der Waals surface area contributed by atoms with Gasteiger partial charge in [-0.25, -0.2) is 0 Å². The third-order valence-corrected chi connectivity index (χ3v) is 2.77. The molecule has 0 bridgehead atoms. The second kappa shape index (κ2) is 8.93. The van der Waals surface area contributed by atoms with Gasteiger partial charge in [0, 0.05) is 6.54 Å². The maximum absolute atomic E-state index is 5.19. The molecule has 0 radical (unpaired) electrons. The summed E-state index contributed by atoms with van der Waals surface area (Å²) in [5.41, 5.74) is 1.48. The van der Waals surface area contributed by atoms with E-state index in [0.29, 0.717) is 6.04 Å². The van der Waals surface area contributed by atoms with Crippen LogP contribution in [0, 0.1) is 0 Å². The maximum atomic E-state index is 5.19. The molecule has 0 N–H and O–H groups in total. The van der Waals surface area contributed by atoms with Crippen LogP contribution in [0.2, 0.25) is 0 Å². The van der Waals surface area contributed by atoms with Crippen LogP contribution in [0.5, 0.6) is 0 Å². The van der Waals surface area contributed by atoms with Gasteiger partial charge in [0.1, 0.15) is 0 Å². The molecular weight excluding hydrogens is 186 g/mol. The van der Waals surface area contributed by atoms with Crippen molar-refractivity contribution in [3.05, 3.63) is 11.6 Å². The van der Waals surface area contributed by atoms with Gasteiger partial charge in [0.05, 0.1) is 19.3 Å². The van der Waals surface area contributed by atoms with E-state index in [9.17, 15) is 0 Å². The summed E-state index contributed by atoms with van der Waals surface area (Å²) in [6.07, 6.45) is 3.50. The van der Waals surface area contributed by atoms with E-state index in [0.717, 1.165) is 26.3 Å². The fraction of sp³-hybridized carbons (Fsp3) is 0.846. The standard InChI is InChI=1S/C11H21NO.C2H6/c1-4-10(3)6-7-12(5-2)11-8-13-9-11;1-2/h6,11H,4-5,7-9H2,1-3H3;1-2H3/b10-6-;. The van der Waals surface area contributed by atoms with Gasteiger partial charge in [-0.2, -0.15) is 0 Å². The summed E-state index contributed by atoms with van der Waals surface area (Å²) in [4.78, 5) is 2.47. The Labute approximate surface area is 95.3 Å². The predicted octanol–water partition coefficient (Wildman–Crippen LogP) is 3.09. The van der Waals surface area contributed by atoms with E-state index in [1.165, 1.54) is 12.0 Å². The van der Waals surface area contributed by atoms with Crippen molar-refractivity contribution in [1.29, 1.82) is 0 Å². The molecule has 1 aliphatic heterocycles. The summed E-state index contributed by atoms with van der Waals surface area (Å²) in [6, 6.07) is 0.672. The third kappa shape index (κ3) is 5.33. The molecule has 1 fully saturated rings. The summed E-state index contributed by atoms with van der Waals surface area (Å²) in [7, 11) is 0. The van der Waals surface area contributed by atoms with Crippen LogP contribution < -0.4 is 0 Å². The fourth-order valence-corrected chi connectivity index (χ4v) is 1.39. The lowest BCUT2D eigenvalue weighted by Gasteiger charge is -2.36. The van der Waals surface area contributed by atoms with Crippen LogP contribution in [0.25, 0.3) is 0 Å². The van der Waals surface area contributed by atoms with Gasteiger partial charge >= 0.3 is 0 Å². The molecule has 0 unspecified atom stereocenters. The number of hydrogen-bond acceptors (Lipinski definition) is 2. The first kappa shape index (κ1) is 14.7. The van der Waals surface area contributed by atoms with Crippen molar-refractivity contribution in [1.82, 2.24) is 4.90 Å². The van der Waals surface area contributed by atoms with Crippen LogP contribution in [0.1, 0.15) is 41.0 Å². The number of rotatable bonds is 5. The van der Waals surface area contributed by atoms with Gasteiger partial charge in [0.2, 0.25) is 0 Å². The molecule has 0 aromatic rings. The van der Waals surface area contributed by atoms with E-state index in [1.54, 1.807) is 0 Å². The Kier molecular flexibility index (Phi) is 8.73. The highest BCUT2D eigenvalue weighted by Gasteiger charge is 2.23. The van der Waals surface area contributed by atoms with Crippen molar-refractivity contribution in [3.63, 3.8) is 0 Å². The van der Waals surface area contributed by atoms with E-state index in [-0.39, 0.29) is 0 Å². The molecule has 15 heavy (non-hydrogen) atoms. The average Bonchev–Trinajstić information content (AvgIpc) is 2.23. The lowest BCUT2D eigenvalue weighted by atomic mass is 10.2. The zero-order valence-electron chi connectivity index (χ0n) is 11.0. The highest BCUT2D eigenvalue weighted by atomic mass is 16.5. The summed E-state index contributed by atoms with van der Waals surface area (Å²) in [6.45, 7) is 14.7. The van der Waals surface area contributed by atoms with Crippen LogP contribution in [-0.2, 0) is 4.74 Å². The Morgan fingerprint density at radius 1 is 1.33 bits per heavy atom. The van der Waals surface area contributed by atoms with Crippen molar-refractivity contribution in [3.8, 4) is 0 Å². The van der Waals surface area contributed by atoms with Crippen molar-refractivity contribution in [2.75, 3.05) is 26.3 Å². The summed E-state index contributed by atoms with van der Waals surface area (Å²) in [5, 5.41) is 0. The van der Waals surface area contributed by atoms with Crippen LogP contribution >= 0.6 is 0 Å². The topological polar surface area (TPSA) is 12.5 Å². The fourth-order valence-electron chi connectivity index (χ4n) is 1.39. The van der Waals surface area contributed by atoms with Gasteiger partial charge in [0.25, 0.3) is 0 Å². The smallest absolute Gasteiger partial charge is 0.0645 e. The van der Waals surface area contributed by atoms with Crippen molar-refractivity contribution < 1.29 is 4.74 Å². The molecule has 0 amide bonds. The van der Waals surface area contributed by atoms with Crippen molar-refractivity contribution in [2.45, 2.75) is 47.1 Å². The van der Waals surface area contributed by atoms with Crippen LogP contribution in [0.3, 0.4) is 0 Å². The molecule has 0 aromatic carbocycles. The molecule has 1 saturated heterocycles. The van der Waals surface area contributed by atoms with E-state index >= 15 is 0 Å². The Morgan fingerprint density at radius 3 is 2.27 bits per heavy atom. The lowest BCUT2D eigenvalue weighted by molar-refractivity contribution is -0.0594. The minimum atomic E-state index is 0.672. The molecule has 1 aliphatic rings. The normalized spacial score (nSPS) is 17.1. The monoisotopic (exact) mass is 213 g/mol. The summed E-state index contributed by atoms with van der Waals surface area (Å²) in [5.74, 6) is 0. The SMILES string of the molecule is CC.CC/C(C)=C\CN(CC)C1COC1. The molecule has 0 atom stereocenters. The first-order valence-electron chi connectivity index (χ1n) is 6.25. The predicted molar refractivity (Wildman–Crippen MR) is 67.3 cm³/mol. The van der Waals surface area contributed by atoms with Crippen LogP contribution in [0.15, 0.2) is 11.6 Å². The van der Waals surface area contributed by atoms with Crippen molar-refractivity contribution >= 4 is 0 Å². The minimum Gasteiger partial charge on any atom is -0.378 e. The zero-order chi connectivity index (χ0) is 11.7. The second-order valence-corrected chi connectivity index (χ2v) is 3.68. The van der Waals surface area contributed by atoms with Gasteiger partial charge in [-0.15, -0.1) is 0 Å². The van der Waals surface area contributed by atoms with E-state index in [4.69, 9.17) is 4.74 Å². The average molecular weight is 213 g/mol. The van der Waals surface area contributed by atoms with E-state index < -0.39 is 0 Å². The first-order chi connectivity index (χ1) is 7.27. The Hall–Kier alpha value is -0.340. The zero-order valence-corrected chi connectivity index (χ0v) is 11.0. The molecule has 0 aromatic heterocycles. The summed E-state index contributed by atoms with van der Waals surface area (Å²) >= 11 is 0. The molecule has 1 rings (SSSR count). The largest absolute Gasteiger partial charge is 0.378 e. The number of nitrogens with zero attached hydrogens (tertiary/aromatic N) is 1. The Balaban J connectivity index is 0.000000921. The molecule has 2 heteroatoms. The van der Waals surface area contributed by atoms with Gasteiger partial charge in [-0.3, -0.25) is 4.90 Å². The second-order valence-electron chi connectivity index (χ2n) is 3.68. The number of hydrogen-bond donors (Lipinski definition) is 0. The molecule has 90 valence electrons. The quantitative estimate of drug-likeness (QED) is 0.651. The first-order valence-corrected chi connectivity index (χ1v) is 6.25. The van der Waals surface area contributed by atoms with E-state index in [2.05, 4.69) is 31.7 Å². The molecule has 1 heterocycles. The summed E-state index contributed by atoms with van der Waals surface area (Å²) < 4.78 is 5.19. The van der Waals surface area contributed by atoms with Gasteiger partial charge in [-0.1, -0.05) is 39.3 Å². The molecule has 0 aliphatic carbocycles.